The second-order valence-corrected chi connectivity index (χ2v) is 7.19. The fraction of sp³-hybridized carbons (Fsp3) is 0.100. The van der Waals surface area contributed by atoms with Gasteiger partial charge in [0, 0.05) is 17.0 Å². The summed E-state index contributed by atoms with van der Waals surface area (Å²) in [5, 5.41) is 4.42. The van der Waals surface area contributed by atoms with Crippen molar-refractivity contribution >= 4 is 33.4 Å². The molecule has 0 aliphatic rings. The zero-order valence-electron chi connectivity index (χ0n) is 15.3. The highest BCUT2D eigenvalue weighted by Gasteiger charge is 2.17. The number of nitrogens with zero attached hydrogens (tertiary/aromatic N) is 3. The highest BCUT2D eigenvalue weighted by Crippen LogP contribution is 2.27. The summed E-state index contributed by atoms with van der Waals surface area (Å²) < 4.78 is 40.5. The first-order valence-corrected chi connectivity index (χ1v) is 9.36. The first-order chi connectivity index (χ1) is 13.8. The molecule has 29 heavy (non-hydrogen) atoms. The summed E-state index contributed by atoms with van der Waals surface area (Å²) >= 11 is 1.10. The molecule has 4 aromatic rings. The number of carbonyl (C=O) groups is 1. The van der Waals surface area contributed by atoms with Crippen molar-refractivity contribution in [3.63, 3.8) is 0 Å². The molecule has 0 atom stereocenters. The van der Waals surface area contributed by atoms with E-state index in [4.69, 9.17) is 0 Å². The Morgan fingerprint density at radius 3 is 2.48 bits per heavy atom. The fourth-order valence-corrected chi connectivity index (χ4v) is 3.47. The molecular formula is C20H13F3N4OS. The molecule has 5 nitrogen and oxygen atoms in total. The standard InChI is InChI=1S/C20H13F3N4OS/c1-9-10(2)25-18-13(6-12(21)7-16(18)24-9)19(28)27-20-26-17(8-29-20)11-3-4-14(22)15(23)5-11/h3-8H,1-2H3,(H,26,27,28). The second kappa shape index (κ2) is 7.25. The minimum atomic E-state index is -0.989. The van der Waals surface area contributed by atoms with Gasteiger partial charge in [0.15, 0.2) is 16.8 Å². The van der Waals surface area contributed by atoms with Crippen LogP contribution in [-0.4, -0.2) is 20.9 Å². The first-order valence-electron chi connectivity index (χ1n) is 8.48. The maximum Gasteiger partial charge on any atom is 0.259 e. The molecule has 4 rings (SSSR count). The number of hydrogen-bond acceptors (Lipinski definition) is 5. The van der Waals surface area contributed by atoms with Crippen LogP contribution in [-0.2, 0) is 0 Å². The number of fused-ring (bicyclic) bond motifs is 1. The molecule has 0 radical (unpaired) electrons. The van der Waals surface area contributed by atoms with Crippen molar-refractivity contribution in [1.82, 2.24) is 15.0 Å². The minimum absolute atomic E-state index is 0.0279. The Hall–Kier alpha value is -3.33. The van der Waals surface area contributed by atoms with Crippen LogP contribution in [0.2, 0.25) is 0 Å². The summed E-state index contributed by atoms with van der Waals surface area (Å²) in [6, 6.07) is 5.72. The summed E-state index contributed by atoms with van der Waals surface area (Å²) in [6.45, 7) is 3.50. The van der Waals surface area contributed by atoms with Crippen molar-refractivity contribution in [2.24, 2.45) is 0 Å². The van der Waals surface area contributed by atoms with Gasteiger partial charge < -0.3 is 0 Å². The normalized spacial score (nSPS) is 11.1. The summed E-state index contributed by atoms with van der Waals surface area (Å²) in [5.41, 5.74) is 2.61. The Labute approximate surface area is 167 Å². The number of aromatic nitrogens is 3. The van der Waals surface area contributed by atoms with E-state index in [1.165, 1.54) is 12.1 Å². The molecule has 0 fully saturated rings. The minimum Gasteiger partial charge on any atom is -0.298 e. The number of nitrogens with one attached hydrogen (secondary N) is 1. The van der Waals surface area contributed by atoms with Crippen LogP contribution < -0.4 is 5.32 Å². The van der Waals surface area contributed by atoms with Crippen molar-refractivity contribution < 1.29 is 18.0 Å². The number of halogens is 3. The quantitative estimate of drug-likeness (QED) is 0.510. The number of benzene rings is 2. The highest BCUT2D eigenvalue weighted by atomic mass is 32.1. The number of anilines is 1. The van der Waals surface area contributed by atoms with Gasteiger partial charge in [-0.05, 0) is 38.1 Å². The van der Waals surface area contributed by atoms with Gasteiger partial charge in [0.25, 0.3) is 5.91 Å². The average Bonchev–Trinajstić information content (AvgIpc) is 3.13. The fourth-order valence-electron chi connectivity index (χ4n) is 2.75. The van der Waals surface area contributed by atoms with Crippen LogP contribution in [0.1, 0.15) is 21.7 Å². The van der Waals surface area contributed by atoms with Crippen molar-refractivity contribution in [3.8, 4) is 11.3 Å². The summed E-state index contributed by atoms with van der Waals surface area (Å²) in [6.07, 6.45) is 0. The lowest BCUT2D eigenvalue weighted by Crippen LogP contribution is -2.14. The summed E-state index contributed by atoms with van der Waals surface area (Å²) in [7, 11) is 0. The smallest absolute Gasteiger partial charge is 0.259 e. The predicted octanol–water partition coefficient (Wildman–Crippen LogP) is 5.04. The van der Waals surface area contributed by atoms with Gasteiger partial charge in [0.05, 0.1) is 28.2 Å². The molecule has 146 valence electrons. The largest absolute Gasteiger partial charge is 0.298 e. The zero-order valence-corrected chi connectivity index (χ0v) is 16.1. The highest BCUT2D eigenvalue weighted by molar-refractivity contribution is 7.14. The Morgan fingerprint density at radius 2 is 1.72 bits per heavy atom. The van der Waals surface area contributed by atoms with E-state index in [0.717, 1.165) is 29.5 Å². The lowest BCUT2D eigenvalue weighted by molar-refractivity contribution is 0.102. The lowest BCUT2D eigenvalue weighted by atomic mass is 10.1. The van der Waals surface area contributed by atoms with Gasteiger partial charge in [-0.3, -0.25) is 10.1 Å². The predicted molar refractivity (Wildman–Crippen MR) is 104 cm³/mol. The van der Waals surface area contributed by atoms with Crippen LogP contribution in [0.4, 0.5) is 18.3 Å². The number of rotatable bonds is 3. The SMILES string of the molecule is Cc1nc2cc(F)cc(C(=O)Nc3nc(-c4ccc(F)c(F)c4)cs3)c2nc1C. The van der Waals surface area contributed by atoms with E-state index in [2.05, 4.69) is 20.3 Å². The molecule has 0 aliphatic heterocycles. The maximum absolute atomic E-state index is 14.0. The molecule has 1 amide bonds. The van der Waals surface area contributed by atoms with E-state index in [-0.39, 0.29) is 21.7 Å². The van der Waals surface area contributed by atoms with Crippen molar-refractivity contribution in [2.75, 3.05) is 5.32 Å². The van der Waals surface area contributed by atoms with E-state index in [9.17, 15) is 18.0 Å². The number of thiazole rings is 1. The first kappa shape index (κ1) is 19.0. The second-order valence-electron chi connectivity index (χ2n) is 6.34. The average molecular weight is 414 g/mol. The molecule has 1 N–H and O–H groups in total. The number of aryl methyl sites for hydroxylation is 2. The van der Waals surface area contributed by atoms with E-state index < -0.39 is 23.4 Å². The lowest BCUT2D eigenvalue weighted by Gasteiger charge is -2.08. The molecule has 0 aliphatic carbocycles. The van der Waals surface area contributed by atoms with Gasteiger partial charge in [0.1, 0.15) is 11.3 Å². The van der Waals surface area contributed by atoms with Gasteiger partial charge in [-0.1, -0.05) is 0 Å². The molecule has 2 heterocycles. The molecule has 0 saturated heterocycles. The maximum atomic E-state index is 14.0. The van der Waals surface area contributed by atoms with Gasteiger partial charge in [0.2, 0.25) is 0 Å². The third kappa shape index (κ3) is 3.68. The van der Waals surface area contributed by atoms with E-state index in [0.29, 0.717) is 22.6 Å². The Bertz CT molecular complexity index is 1270. The molecule has 2 aromatic heterocycles. The zero-order chi connectivity index (χ0) is 20.7. The Balaban J connectivity index is 1.66. The van der Waals surface area contributed by atoms with Crippen LogP contribution in [0.3, 0.4) is 0 Å². The molecule has 0 spiro atoms. The van der Waals surface area contributed by atoms with Crippen LogP contribution in [0, 0.1) is 31.3 Å². The topological polar surface area (TPSA) is 67.8 Å². The van der Waals surface area contributed by atoms with Crippen molar-refractivity contribution in [1.29, 1.82) is 0 Å². The van der Waals surface area contributed by atoms with Gasteiger partial charge in [-0.25, -0.2) is 28.1 Å². The van der Waals surface area contributed by atoms with Crippen LogP contribution >= 0.6 is 11.3 Å². The van der Waals surface area contributed by atoms with E-state index >= 15 is 0 Å². The number of hydrogen-bond donors (Lipinski definition) is 1. The molecule has 0 bridgehead atoms. The van der Waals surface area contributed by atoms with Crippen LogP contribution in [0.25, 0.3) is 22.3 Å². The molecule has 2 aromatic carbocycles. The monoisotopic (exact) mass is 414 g/mol. The molecule has 0 unspecified atom stereocenters. The molecule has 9 heteroatoms. The van der Waals surface area contributed by atoms with Gasteiger partial charge >= 0.3 is 0 Å². The third-order valence-corrected chi connectivity index (χ3v) is 5.09. The molecular weight excluding hydrogens is 401 g/mol. The summed E-state index contributed by atoms with van der Waals surface area (Å²) in [5.74, 6) is -3.15. The van der Waals surface area contributed by atoms with Crippen molar-refractivity contribution in [3.05, 3.63) is 70.1 Å². The molecule has 0 saturated carbocycles. The Morgan fingerprint density at radius 1 is 0.966 bits per heavy atom. The third-order valence-electron chi connectivity index (χ3n) is 4.33. The van der Waals surface area contributed by atoms with Crippen LogP contribution in [0.5, 0.6) is 0 Å². The van der Waals surface area contributed by atoms with Crippen LogP contribution in [0.15, 0.2) is 35.7 Å². The summed E-state index contributed by atoms with van der Waals surface area (Å²) in [4.78, 5) is 25.6. The number of amides is 1. The van der Waals surface area contributed by atoms with Gasteiger partial charge in [-0.15, -0.1) is 11.3 Å². The van der Waals surface area contributed by atoms with Crippen molar-refractivity contribution in [2.45, 2.75) is 13.8 Å². The van der Waals surface area contributed by atoms with E-state index in [1.54, 1.807) is 19.2 Å². The van der Waals surface area contributed by atoms with Gasteiger partial charge in [-0.2, -0.15) is 0 Å². The van der Waals surface area contributed by atoms with E-state index in [1.807, 2.05) is 0 Å². The Kier molecular flexibility index (Phi) is 4.75. The number of carbonyl (C=O) groups excluding carboxylic acids is 1.